The summed E-state index contributed by atoms with van der Waals surface area (Å²) in [7, 11) is 0. The number of rotatable bonds is 5. The molecule has 0 amide bonds. The summed E-state index contributed by atoms with van der Waals surface area (Å²) in [5.74, 6) is 3.52. The van der Waals surface area contributed by atoms with Gasteiger partial charge in [-0.15, -0.1) is 0 Å². The lowest BCUT2D eigenvalue weighted by Crippen LogP contribution is -2.79. The molecule has 7 rings (SSSR count). The molecule has 3 saturated carbocycles. The zero-order valence-corrected chi connectivity index (χ0v) is 24.2. The van der Waals surface area contributed by atoms with Crippen LogP contribution in [0.15, 0.2) is 42.6 Å². The number of anilines is 1. The molecule has 0 radical (unpaired) electrons. The SMILES string of the molecule is CC(C)[C@@H](C)/C=C/[C@@H](C)[C@H]1CC[C@@H]2[C@]1(C)CCC1[C@]23C=C[C@]2(C[C@@H](O)CC[C@]12C)N(c1ccc(F)cn1)O3. The smallest absolute Gasteiger partial charge is 0.153 e. The Morgan fingerprint density at radius 2 is 1.82 bits per heavy atom. The van der Waals surface area contributed by atoms with Crippen LogP contribution in [0.1, 0.15) is 86.5 Å². The first-order chi connectivity index (χ1) is 18.0. The molecule has 4 nitrogen and oxygen atoms in total. The van der Waals surface area contributed by atoms with Gasteiger partial charge in [0.25, 0.3) is 0 Å². The number of aliphatic hydroxyl groups excluding tert-OH is 1. The second-order valence-electron chi connectivity index (χ2n) is 14.3. The Morgan fingerprint density at radius 1 is 1.03 bits per heavy atom. The summed E-state index contributed by atoms with van der Waals surface area (Å²) >= 11 is 0. The van der Waals surface area contributed by atoms with Gasteiger partial charge in [0.05, 0.1) is 17.8 Å². The van der Waals surface area contributed by atoms with E-state index in [9.17, 15) is 9.50 Å². The molecule has 3 heterocycles. The molecule has 5 heteroatoms. The van der Waals surface area contributed by atoms with E-state index in [1.165, 1.54) is 25.1 Å². The Kier molecular flexibility index (Phi) is 6.20. The van der Waals surface area contributed by atoms with E-state index in [1.54, 1.807) is 6.07 Å². The van der Waals surface area contributed by atoms with Crippen LogP contribution in [0.4, 0.5) is 10.2 Å². The van der Waals surface area contributed by atoms with E-state index in [0.717, 1.165) is 25.7 Å². The topological polar surface area (TPSA) is 45.6 Å². The van der Waals surface area contributed by atoms with Gasteiger partial charge in [-0.2, -0.15) is 0 Å². The lowest BCUT2D eigenvalue weighted by atomic mass is 9.41. The first-order valence-corrected chi connectivity index (χ1v) is 15.1. The molecule has 0 aromatic carbocycles. The third-order valence-electron chi connectivity index (χ3n) is 12.3. The maximum Gasteiger partial charge on any atom is 0.153 e. The summed E-state index contributed by atoms with van der Waals surface area (Å²) in [5.41, 5.74) is -0.732. The van der Waals surface area contributed by atoms with Gasteiger partial charge in [0, 0.05) is 23.7 Å². The normalized spacial score (nSPS) is 45.2. The van der Waals surface area contributed by atoms with Crippen molar-refractivity contribution in [2.75, 3.05) is 5.06 Å². The summed E-state index contributed by atoms with van der Waals surface area (Å²) in [6.45, 7) is 14.3. The molecule has 208 valence electrons. The predicted molar refractivity (Wildman–Crippen MR) is 150 cm³/mol. The second kappa shape index (κ2) is 8.89. The molecule has 1 aromatic heterocycles. The first-order valence-electron chi connectivity index (χ1n) is 15.1. The van der Waals surface area contributed by atoms with Crippen LogP contribution in [0.5, 0.6) is 0 Å². The minimum Gasteiger partial charge on any atom is -0.393 e. The summed E-state index contributed by atoms with van der Waals surface area (Å²) in [6, 6.07) is 3.22. The Labute approximate surface area is 228 Å². The van der Waals surface area contributed by atoms with Crippen molar-refractivity contribution in [2.24, 2.45) is 46.3 Å². The van der Waals surface area contributed by atoms with Crippen molar-refractivity contribution in [3.8, 4) is 0 Å². The van der Waals surface area contributed by atoms with E-state index in [0.29, 0.717) is 47.7 Å². The van der Waals surface area contributed by atoms with Gasteiger partial charge in [0.2, 0.25) is 0 Å². The van der Waals surface area contributed by atoms with E-state index in [1.807, 2.05) is 5.06 Å². The van der Waals surface area contributed by atoms with Gasteiger partial charge in [-0.1, -0.05) is 65.8 Å². The fourth-order valence-electron chi connectivity index (χ4n) is 9.81. The van der Waals surface area contributed by atoms with Crippen molar-refractivity contribution in [2.45, 2.75) is 104 Å². The Bertz CT molecular complexity index is 1120. The standard InChI is InChI=1S/C33H47FN2O2/c1-21(2)22(3)7-8-23(4)26-10-11-27-30(26,5)15-14-28-31(6)16-13-25(37)19-32(31)17-18-33(27,28)38-36(32)29-12-9-24(34)20-35-29/h7-9,12,17-18,20-23,25-28,37H,10-11,13-16,19H2,1-6H3/b8-7+/t22-,23+,25-,26+,27+,28?,30+,31+,32+,33-/m0/s1. The fraction of sp³-hybridized carbons (Fsp3) is 0.727. The maximum absolute atomic E-state index is 13.9. The van der Waals surface area contributed by atoms with Crippen molar-refractivity contribution in [3.05, 3.63) is 48.5 Å². The summed E-state index contributed by atoms with van der Waals surface area (Å²) < 4.78 is 13.9. The van der Waals surface area contributed by atoms with Crippen LogP contribution in [0.3, 0.4) is 0 Å². The predicted octanol–water partition coefficient (Wildman–Crippen LogP) is 7.50. The number of aliphatic hydroxyl groups is 1. The van der Waals surface area contributed by atoms with E-state index in [-0.39, 0.29) is 22.8 Å². The van der Waals surface area contributed by atoms with Gasteiger partial charge < -0.3 is 5.11 Å². The molecular weight excluding hydrogens is 475 g/mol. The Hall–Kier alpha value is -1.72. The maximum atomic E-state index is 13.9. The Morgan fingerprint density at radius 3 is 2.53 bits per heavy atom. The number of hydrogen-bond donors (Lipinski definition) is 1. The molecule has 4 aliphatic carbocycles. The van der Waals surface area contributed by atoms with Crippen LogP contribution >= 0.6 is 0 Å². The molecular formula is C33H47FN2O2. The number of hydrogen-bond acceptors (Lipinski definition) is 4. The lowest BCUT2D eigenvalue weighted by molar-refractivity contribution is -0.273. The number of pyridine rings is 1. The van der Waals surface area contributed by atoms with Gasteiger partial charge in [-0.3, -0.25) is 4.84 Å². The molecule has 10 atom stereocenters. The number of fused-ring (bicyclic) bond motifs is 2. The highest BCUT2D eigenvalue weighted by atomic mass is 19.1. The van der Waals surface area contributed by atoms with Gasteiger partial charge in [-0.25, -0.2) is 14.4 Å². The van der Waals surface area contributed by atoms with Gasteiger partial charge in [0.15, 0.2) is 5.82 Å². The van der Waals surface area contributed by atoms with E-state index < -0.39 is 11.1 Å². The zero-order chi connectivity index (χ0) is 27.1. The van der Waals surface area contributed by atoms with Crippen molar-refractivity contribution < 1.29 is 14.3 Å². The molecule has 4 fully saturated rings. The largest absolute Gasteiger partial charge is 0.393 e. The fourth-order valence-corrected chi connectivity index (χ4v) is 9.81. The summed E-state index contributed by atoms with van der Waals surface area (Å²) in [6.07, 6.45) is 17.8. The number of hydroxylamine groups is 1. The number of halogens is 1. The molecule has 6 aliphatic rings. The van der Waals surface area contributed by atoms with Gasteiger partial charge in [0.1, 0.15) is 11.4 Å². The highest BCUT2D eigenvalue weighted by Crippen LogP contribution is 2.73. The Balaban J connectivity index is 1.41. The molecule has 1 N–H and O–H groups in total. The molecule has 1 aromatic rings. The average Bonchev–Trinajstić information content (AvgIpc) is 3.25. The molecule has 2 aliphatic heterocycles. The molecule has 38 heavy (non-hydrogen) atoms. The number of aromatic nitrogens is 1. The third kappa shape index (κ3) is 3.49. The number of allylic oxidation sites excluding steroid dienone is 2. The molecule has 2 spiro atoms. The quantitative estimate of drug-likeness (QED) is 0.407. The van der Waals surface area contributed by atoms with E-state index in [2.05, 4.69) is 70.8 Å². The van der Waals surface area contributed by atoms with Crippen LogP contribution < -0.4 is 5.06 Å². The first kappa shape index (κ1) is 26.5. The lowest BCUT2D eigenvalue weighted by Gasteiger charge is -2.73. The van der Waals surface area contributed by atoms with Crippen LogP contribution in [0.25, 0.3) is 0 Å². The van der Waals surface area contributed by atoms with E-state index in [4.69, 9.17) is 4.84 Å². The van der Waals surface area contributed by atoms with Crippen LogP contribution in [-0.2, 0) is 4.84 Å². The van der Waals surface area contributed by atoms with Gasteiger partial charge in [-0.05, 0) is 79.7 Å². The molecule has 1 saturated heterocycles. The van der Waals surface area contributed by atoms with Gasteiger partial charge >= 0.3 is 0 Å². The zero-order valence-electron chi connectivity index (χ0n) is 24.2. The van der Waals surface area contributed by atoms with Crippen LogP contribution in [-0.4, -0.2) is 27.3 Å². The molecule has 1 unspecified atom stereocenters. The second-order valence-corrected chi connectivity index (χ2v) is 14.3. The highest BCUT2D eigenvalue weighted by molar-refractivity contribution is 5.50. The van der Waals surface area contributed by atoms with E-state index >= 15 is 0 Å². The minimum atomic E-state index is -0.476. The average molecular weight is 523 g/mol. The monoisotopic (exact) mass is 522 g/mol. The molecule has 2 bridgehead atoms. The van der Waals surface area contributed by atoms with Crippen molar-refractivity contribution in [1.29, 1.82) is 0 Å². The van der Waals surface area contributed by atoms with Crippen LogP contribution in [0, 0.1) is 52.2 Å². The summed E-state index contributed by atoms with van der Waals surface area (Å²) in [5, 5.41) is 12.9. The number of nitrogens with zero attached hydrogens (tertiary/aromatic N) is 2. The van der Waals surface area contributed by atoms with Crippen molar-refractivity contribution in [3.63, 3.8) is 0 Å². The highest BCUT2D eigenvalue weighted by Gasteiger charge is 2.75. The van der Waals surface area contributed by atoms with Crippen molar-refractivity contribution in [1.82, 2.24) is 4.98 Å². The third-order valence-corrected chi connectivity index (χ3v) is 12.3. The minimum absolute atomic E-state index is 0.0487. The van der Waals surface area contributed by atoms with Crippen LogP contribution in [0.2, 0.25) is 0 Å². The van der Waals surface area contributed by atoms with Crippen molar-refractivity contribution >= 4 is 5.82 Å². The summed E-state index contributed by atoms with van der Waals surface area (Å²) in [4.78, 5) is 11.7.